The number of aromatic nitrogens is 3. The summed E-state index contributed by atoms with van der Waals surface area (Å²) in [5, 5.41) is 3.04. The molecule has 0 saturated heterocycles. The fraction of sp³-hybridized carbons (Fsp3) is 0.364. The average molecular weight is 265 g/mol. The molecule has 0 amide bonds. The summed E-state index contributed by atoms with van der Waals surface area (Å²) < 4.78 is 5.07. The Labute approximate surface area is 109 Å². The van der Waals surface area contributed by atoms with Crippen molar-refractivity contribution in [2.45, 2.75) is 19.4 Å². The number of ether oxygens (including phenoxy) is 1. The SMILES string of the molecule is COc1cc(C(Cc2nc(C)cs2)NN)ncn1. The van der Waals surface area contributed by atoms with Gasteiger partial charge in [-0.2, -0.15) is 0 Å². The van der Waals surface area contributed by atoms with Crippen LogP contribution in [-0.2, 0) is 6.42 Å². The molecule has 0 aliphatic carbocycles. The van der Waals surface area contributed by atoms with Crippen LogP contribution in [0.2, 0.25) is 0 Å². The van der Waals surface area contributed by atoms with E-state index in [1.165, 1.54) is 6.33 Å². The van der Waals surface area contributed by atoms with E-state index in [-0.39, 0.29) is 6.04 Å². The largest absolute Gasteiger partial charge is 0.481 e. The standard InChI is InChI=1S/C11H15N5OS/c1-7-5-18-11(15-7)4-9(16-12)8-3-10(17-2)14-6-13-8/h3,5-6,9,16H,4,12H2,1-2H3. The van der Waals surface area contributed by atoms with Crippen LogP contribution in [0.3, 0.4) is 0 Å². The summed E-state index contributed by atoms with van der Waals surface area (Å²) in [5.74, 6) is 6.10. The maximum Gasteiger partial charge on any atom is 0.216 e. The highest BCUT2D eigenvalue weighted by Gasteiger charge is 2.15. The van der Waals surface area contributed by atoms with Crippen molar-refractivity contribution in [3.8, 4) is 5.88 Å². The third-order valence-electron chi connectivity index (χ3n) is 2.48. The molecule has 2 heterocycles. The number of nitrogens with two attached hydrogens (primary N) is 1. The van der Waals surface area contributed by atoms with Gasteiger partial charge in [-0.05, 0) is 6.92 Å². The summed E-state index contributed by atoms with van der Waals surface area (Å²) in [6.45, 7) is 1.97. The zero-order chi connectivity index (χ0) is 13.0. The second-order valence-electron chi connectivity index (χ2n) is 3.79. The number of hydrazine groups is 1. The Morgan fingerprint density at radius 1 is 1.50 bits per heavy atom. The van der Waals surface area contributed by atoms with Crippen LogP contribution in [-0.4, -0.2) is 22.1 Å². The third kappa shape index (κ3) is 3.00. The first-order chi connectivity index (χ1) is 8.72. The van der Waals surface area contributed by atoms with Gasteiger partial charge >= 0.3 is 0 Å². The number of thiazole rings is 1. The molecule has 0 spiro atoms. The smallest absolute Gasteiger partial charge is 0.216 e. The minimum atomic E-state index is -0.104. The Balaban J connectivity index is 2.17. The van der Waals surface area contributed by atoms with Crippen LogP contribution in [0.25, 0.3) is 0 Å². The number of hydrogen-bond acceptors (Lipinski definition) is 7. The molecule has 1 unspecified atom stereocenters. The highest BCUT2D eigenvalue weighted by molar-refractivity contribution is 7.09. The van der Waals surface area contributed by atoms with Crippen LogP contribution in [0.5, 0.6) is 5.88 Å². The zero-order valence-electron chi connectivity index (χ0n) is 10.3. The average Bonchev–Trinajstić information content (AvgIpc) is 2.81. The topological polar surface area (TPSA) is 86.0 Å². The Bertz CT molecular complexity index is 516. The van der Waals surface area contributed by atoms with E-state index >= 15 is 0 Å². The predicted molar refractivity (Wildman–Crippen MR) is 69.2 cm³/mol. The molecular weight excluding hydrogens is 250 g/mol. The van der Waals surface area contributed by atoms with Gasteiger partial charge in [0.25, 0.3) is 0 Å². The monoisotopic (exact) mass is 265 g/mol. The van der Waals surface area contributed by atoms with Gasteiger partial charge in [-0.3, -0.25) is 11.3 Å². The summed E-state index contributed by atoms with van der Waals surface area (Å²) in [7, 11) is 1.57. The molecule has 0 bridgehead atoms. The van der Waals surface area contributed by atoms with Gasteiger partial charge < -0.3 is 4.74 Å². The Morgan fingerprint density at radius 3 is 2.94 bits per heavy atom. The van der Waals surface area contributed by atoms with Gasteiger partial charge in [-0.15, -0.1) is 11.3 Å². The Kier molecular flexibility index (Phi) is 4.19. The number of aryl methyl sites for hydroxylation is 1. The molecule has 6 nitrogen and oxygen atoms in total. The molecule has 2 rings (SSSR count). The van der Waals surface area contributed by atoms with Crippen molar-refractivity contribution in [3.63, 3.8) is 0 Å². The molecule has 7 heteroatoms. The van der Waals surface area contributed by atoms with Crippen molar-refractivity contribution in [1.29, 1.82) is 0 Å². The van der Waals surface area contributed by atoms with Gasteiger partial charge in [0.05, 0.1) is 23.9 Å². The molecule has 0 aliphatic heterocycles. The number of nitrogens with one attached hydrogen (secondary N) is 1. The zero-order valence-corrected chi connectivity index (χ0v) is 11.1. The molecule has 96 valence electrons. The first-order valence-corrected chi connectivity index (χ1v) is 6.34. The number of hydrogen-bond donors (Lipinski definition) is 2. The van der Waals surface area contributed by atoms with Crippen LogP contribution in [0.1, 0.15) is 22.4 Å². The van der Waals surface area contributed by atoms with E-state index in [9.17, 15) is 0 Å². The molecule has 0 radical (unpaired) electrons. The van der Waals surface area contributed by atoms with E-state index in [0.717, 1.165) is 16.4 Å². The quantitative estimate of drug-likeness (QED) is 0.619. The lowest BCUT2D eigenvalue weighted by atomic mass is 10.1. The fourth-order valence-corrected chi connectivity index (χ4v) is 2.39. The minimum Gasteiger partial charge on any atom is -0.481 e. The van der Waals surface area contributed by atoms with E-state index < -0.39 is 0 Å². The molecule has 2 aromatic heterocycles. The molecule has 2 aromatic rings. The van der Waals surface area contributed by atoms with Crippen molar-refractivity contribution >= 4 is 11.3 Å². The van der Waals surface area contributed by atoms with Crippen LogP contribution < -0.4 is 16.0 Å². The van der Waals surface area contributed by atoms with E-state index in [4.69, 9.17) is 10.6 Å². The van der Waals surface area contributed by atoms with E-state index in [1.807, 2.05) is 12.3 Å². The van der Waals surface area contributed by atoms with Crippen LogP contribution in [0.15, 0.2) is 17.8 Å². The highest BCUT2D eigenvalue weighted by Crippen LogP contribution is 2.20. The summed E-state index contributed by atoms with van der Waals surface area (Å²) in [6.07, 6.45) is 2.15. The normalized spacial score (nSPS) is 12.4. The molecule has 0 aromatic carbocycles. The first kappa shape index (κ1) is 12.9. The predicted octanol–water partition coefficient (Wildman–Crippen LogP) is 0.997. The van der Waals surface area contributed by atoms with Crippen molar-refractivity contribution in [3.05, 3.63) is 34.2 Å². The molecule has 0 aliphatic rings. The van der Waals surface area contributed by atoms with Gasteiger partial charge in [-0.1, -0.05) is 0 Å². The van der Waals surface area contributed by atoms with Gasteiger partial charge in [0.15, 0.2) is 0 Å². The van der Waals surface area contributed by atoms with E-state index in [2.05, 4.69) is 20.4 Å². The van der Waals surface area contributed by atoms with Gasteiger partial charge in [0.1, 0.15) is 6.33 Å². The van der Waals surface area contributed by atoms with E-state index in [1.54, 1.807) is 24.5 Å². The molecule has 3 N–H and O–H groups in total. The lowest BCUT2D eigenvalue weighted by Crippen LogP contribution is -2.30. The fourth-order valence-electron chi connectivity index (χ4n) is 1.58. The van der Waals surface area contributed by atoms with Gasteiger partial charge in [-0.25, -0.2) is 15.0 Å². The maximum absolute atomic E-state index is 5.58. The third-order valence-corrected chi connectivity index (χ3v) is 3.46. The summed E-state index contributed by atoms with van der Waals surface area (Å²) in [4.78, 5) is 12.6. The molecule has 0 saturated carbocycles. The van der Waals surface area contributed by atoms with Crippen molar-refractivity contribution in [1.82, 2.24) is 20.4 Å². The second-order valence-corrected chi connectivity index (χ2v) is 4.73. The highest BCUT2D eigenvalue weighted by atomic mass is 32.1. The summed E-state index contributed by atoms with van der Waals surface area (Å²) >= 11 is 1.62. The minimum absolute atomic E-state index is 0.104. The molecule has 1 atom stereocenters. The Morgan fingerprint density at radius 2 is 2.33 bits per heavy atom. The molecule has 0 fully saturated rings. The van der Waals surface area contributed by atoms with Crippen LogP contribution >= 0.6 is 11.3 Å². The molecule has 18 heavy (non-hydrogen) atoms. The van der Waals surface area contributed by atoms with Crippen LogP contribution in [0, 0.1) is 6.92 Å². The number of rotatable bonds is 5. The number of nitrogens with zero attached hydrogens (tertiary/aromatic N) is 3. The van der Waals surface area contributed by atoms with E-state index in [0.29, 0.717) is 12.3 Å². The van der Waals surface area contributed by atoms with Crippen molar-refractivity contribution in [2.75, 3.05) is 7.11 Å². The van der Waals surface area contributed by atoms with Crippen LogP contribution in [0.4, 0.5) is 0 Å². The summed E-state index contributed by atoms with van der Waals surface area (Å²) in [5.41, 5.74) is 4.56. The Hall–Kier alpha value is -1.57. The number of methoxy groups -OCH3 is 1. The second kappa shape index (κ2) is 5.85. The first-order valence-electron chi connectivity index (χ1n) is 5.46. The lowest BCUT2D eigenvalue weighted by molar-refractivity contribution is 0.393. The maximum atomic E-state index is 5.58. The van der Waals surface area contributed by atoms with Gasteiger partial charge in [0, 0.05) is 23.6 Å². The molecular formula is C11H15N5OS. The van der Waals surface area contributed by atoms with Crippen molar-refractivity contribution < 1.29 is 4.74 Å². The summed E-state index contributed by atoms with van der Waals surface area (Å²) in [6, 6.07) is 1.66. The van der Waals surface area contributed by atoms with Crippen molar-refractivity contribution in [2.24, 2.45) is 5.84 Å². The van der Waals surface area contributed by atoms with Gasteiger partial charge in [0.2, 0.25) is 5.88 Å². The lowest BCUT2D eigenvalue weighted by Gasteiger charge is -2.14.